The van der Waals surface area contributed by atoms with E-state index in [1.54, 1.807) is 11.0 Å². The molecule has 10 heteroatoms. The van der Waals surface area contributed by atoms with Crippen molar-refractivity contribution >= 4 is 23.6 Å². The largest absolute Gasteiger partial charge is 0.573 e. The standard InChI is InChI=1S/C33H36F3N3O3S/c1-23(2)22-39-31(41)28(43-32(39)26-14-9-15-27(20-26)42-33(34,35)36)21-29(40)37-16-18-38(19-17-37)30(24-10-5-3-6-11-24)25-12-7-4-8-13-25/h3-15,20,23,28,30,32H,16-19,21-22H2,1-2H3. The Morgan fingerprint density at radius 3 is 2.07 bits per heavy atom. The van der Waals surface area contributed by atoms with Gasteiger partial charge < -0.3 is 14.5 Å². The molecular weight excluding hydrogens is 575 g/mol. The second-order valence-electron chi connectivity index (χ2n) is 11.3. The van der Waals surface area contributed by atoms with Crippen LogP contribution in [0.1, 0.15) is 48.4 Å². The number of alkyl halides is 3. The molecule has 2 aliphatic rings. The Balaban J connectivity index is 1.25. The van der Waals surface area contributed by atoms with Crippen LogP contribution in [0.5, 0.6) is 5.75 Å². The molecule has 0 radical (unpaired) electrons. The highest BCUT2D eigenvalue weighted by molar-refractivity contribution is 8.01. The number of amides is 2. The monoisotopic (exact) mass is 611 g/mol. The van der Waals surface area contributed by atoms with Crippen molar-refractivity contribution in [3.63, 3.8) is 0 Å². The van der Waals surface area contributed by atoms with Gasteiger partial charge in [0, 0.05) is 39.1 Å². The second-order valence-corrected chi connectivity index (χ2v) is 12.6. The molecule has 0 bridgehead atoms. The molecule has 228 valence electrons. The smallest absolute Gasteiger partial charge is 0.406 e. The van der Waals surface area contributed by atoms with Crippen LogP contribution in [0.4, 0.5) is 13.2 Å². The zero-order chi connectivity index (χ0) is 30.6. The van der Waals surface area contributed by atoms with Crippen LogP contribution in [0.3, 0.4) is 0 Å². The molecule has 2 saturated heterocycles. The molecule has 0 aromatic heterocycles. The average Bonchev–Trinajstić information content (AvgIpc) is 3.28. The highest BCUT2D eigenvalue weighted by Gasteiger charge is 2.43. The van der Waals surface area contributed by atoms with E-state index in [1.165, 1.54) is 41.1 Å². The van der Waals surface area contributed by atoms with Crippen molar-refractivity contribution in [3.05, 3.63) is 102 Å². The number of benzene rings is 3. The minimum Gasteiger partial charge on any atom is -0.406 e. The quantitative estimate of drug-likeness (QED) is 0.276. The first-order chi connectivity index (χ1) is 20.6. The van der Waals surface area contributed by atoms with Gasteiger partial charge in [-0.3, -0.25) is 14.5 Å². The van der Waals surface area contributed by atoms with E-state index in [1.807, 2.05) is 55.1 Å². The first kappa shape index (κ1) is 30.9. The third kappa shape index (κ3) is 7.72. The molecule has 2 aliphatic heterocycles. The lowest BCUT2D eigenvalue weighted by Gasteiger charge is -2.40. The van der Waals surface area contributed by atoms with Crippen LogP contribution in [0.2, 0.25) is 0 Å². The minimum absolute atomic E-state index is 0.0497. The summed E-state index contributed by atoms with van der Waals surface area (Å²) in [6.07, 6.45) is -4.76. The minimum atomic E-state index is -4.81. The molecule has 3 aromatic carbocycles. The van der Waals surface area contributed by atoms with Crippen LogP contribution in [-0.2, 0) is 9.59 Å². The van der Waals surface area contributed by atoms with Crippen LogP contribution in [0.15, 0.2) is 84.9 Å². The molecule has 0 aliphatic carbocycles. The average molecular weight is 612 g/mol. The molecule has 2 unspecified atom stereocenters. The van der Waals surface area contributed by atoms with Crippen LogP contribution in [0, 0.1) is 5.92 Å². The number of hydrogen-bond acceptors (Lipinski definition) is 5. The molecule has 2 amide bonds. The lowest BCUT2D eigenvalue weighted by Crippen LogP contribution is -2.50. The molecule has 0 spiro atoms. The zero-order valence-electron chi connectivity index (χ0n) is 24.2. The van der Waals surface area contributed by atoms with Gasteiger partial charge in [-0.25, -0.2) is 0 Å². The zero-order valence-corrected chi connectivity index (χ0v) is 25.1. The lowest BCUT2D eigenvalue weighted by atomic mass is 9.96. The van der Waals surface area contributed by atoms with Crippen molar-refractivity contribution in [2.45, 2.75) is 43.3 Å². The van der Waals surface area contributed by atoms with Crippen LogP contribution >= 0.6 is 11.8 Å². The first-order valence-corrected chi connectivity index (χ1v) is 15.5. The Morgan fingerprint density at radius 1 is 0.907 bits per heavy atom. The SMILES string of the molecule is CC(C)CN1C(=O)C(CC(=O)N2CCN(C(c3ccccc3)c3ccccc3)CC2)SC1c1cccc(OC(F)(F)F)c1. The Bertz CT molecular complexity index is 1340. The number of rotatable bonds is 9. The van der Waals surface area contributed by atoms with Gasteiger partial charge >= 0.3 is 6.36 Å². The fourth-order valence-corrected chi connectivity index (χ4v) is 7.27. The maximum absolute atomic E-state index is 13.5. The van der Waals surface area contributed by atoms with Gasteiger partial charge in [-0.15, -0.1) is 24.9 Å². The Labute approximate surface area is 254 Å². The Hall–Kier alpha value is -3.50. The van der Waals surface area contributed by atoms with Crippen molar-refractivity contribution in [1.29, 1.82) is 0 Å². The van der Waals surface area contributed by atoms with Crippen LogP contribution < -0.4 is 4.74 Å². The fraction of sp³-hybridized carbons (Fsp3) is 0.394. The summed E-state index contributed by atoms with van der Waals surface area (Å²) in [7, 11) is 0. The first-order valence-electron chi connectivity index (χ1n) is 14.5. The van der Waals surface area contributed by atoms with Crippen LogP contribution in [0.25, 0.3) is 0 Å². The van der Waals surface area contributed by atoms with Gasteiger partial charge in [-0.1, -0.05) is 86.6 Å². The number of carbonyl (C=O) groups excluding carboxylic acids is 2. The molecule has 2 fully saturated rings. The number of hydrogen-bond donors (Lipinski definition) is 0. The van der Waals surface area contributed by atoms with E-state index >= 15 is 0 Å². The Morgan fingerprint density at radius 2 is 1.51 bits per heavy atom. The number of carbonyl (C=O) groups is 2. The highest BCUT2D eigenvalue weighted by atomic mass is 32.2. The van der Waals surface area contributed by atoms with E-state index in [0.717, 1.165) is 0 Å². The van der Waals surface area contributed by atoms with Gasteiger partial charge in [0.25, 0.3) is 0 Å². The van der Waals surface area contributed by atoms with E-state index in [4.69, 9.17) is 0 Å². The molecule has 2 atom stereocenters. The fourth-order valence-electron chi connectivity index (χ4n) is 5.83. The summed E-state index contributed by atoms with van der Waals surface area (Å²) in [4.78, 5) is 32.9. The molecule has 43 heavy (non-hydrogen) atoms. The van der Waals surface area contributed by atoms with Crippen molar-refractivity contribution in [1.82, 2.24) is 14.7 Å². The second kappa shape index (κ2) is 13.4. The summed E-state index contributed by atoms with van der Waals surface area (Å²) < 4.78 is 42.7. The summed E-state index contributed by atoms with van der Waals surface area (Å²) >= 11 is 1.32. The van der Waals surface area contributed by atoms with Crippen molar-refractivity contribution in [3.8, 4) is 5.75 Å². The van der Waals surface area contributed by atoms with Gasteiger partial charge in [0.1, 0.15) is 11.1 Å². The summed E-state index contributed by atoms with van der Waals surface area (Å²) in [6.45, 7) is 6.89. The molecule has 5 rings (SSSR count). The van der Waals surface area contributed by atoms with Gasteiger partial charge in [-0.2, -0.15) is 0 Å². The van der Waals surface area contributed by atoms with Gasteiger partial charge in [0.15, 0.2) is 0 Å². The van der Waals surface area contributed by atoms with Crippen molar-refractivity contribution < 1.29 is 27.5 Å². The van der Waals surface area contributed by atoms with E-state index in [9.17, 15) is 22.8 Å². The van der Waals surface area contributed by atoms with Gasteiger partial charge in [-0.05, 0) is 34.7 Å². The third-order valence-electron chi connectivity index (χ3n) is 7.70. The molecular formula is C33H36F3N3O3S. The summed E-state index contributed by atoms with van der Waals surface area (Å²) in [5.74, 6) is -0.428. The maximum atomic E-state index is 13.5. The third-order valence-corrected chi connectivity index (χ3v) is 9.18. The number of piperazine rings is 1. The van der Waals surface area contributed by atoms with Crippen molar-refractivity contribution in [2.24, 2.45) is 5.92 Å². The molecule has 6 nitrogen and oxygen atoms in total. The van der Waals surface area contributed by atoms with Gasteiger partial charge in [0.2, 0.25) is 11.8 Å². The lowest BCUT2D eigenvalue weighted by molar-refractivity contribution is -0.274. The Kier molecular flexibility index (Phi) is 9.66. The predicted molar refractivity (Wildman–Crippen MR) is 161 cm³/mol. The number of halogens is 3. The molecule has 0 saturated carbocycles. The highest BCUT2D eigenvalue weighted by Crippen LogP contribution is 2.45. The van der Waals surface area contributed by atoms with E-state index < -0.39 is 17.0 Å². The normalized spacial score (nSPS) is 19.8. The maximum Gasteiger partial charge on any atom is 0.573 e. The summed E-state index contributed by atoms with van der Waals surface area (Å²) in [5.41, 5.74) is 2.93. The molecule has 3 aromatic rings. The summed E-state index contributed by atoms with van der Waals surface area (Å²) in [6, 6.07) is 26.5. The topological polar surface area (TPSA) is 53.1 Å². The number of ether oxygens (including phenoxy) is 1. The summed E-state index contributed by atoms with van der Waals surface area (Å²) in [5, 5.41) is -1.11. The molecule has 2 heterocycles. The van der Waals surface area contributed by atoms with Crippen molar-refractivity contribution in [2.75, 3.05) is 32.7 Å². The van der Waals surface area contributed by atoms with E-state index in [0.29, 0.717) is 38.3 Å². The number of nitrogens with zero attached hydrogens (tertiary/aromatic N) is 3. The molecule has 0 N–H and O–H groups in total. The number of thioether (sulfide) groups is 1. The van der Waals surface area contributed by atoms with E-state index in [-0.39, 0.29) is 35.9 Å². The predicted octanol–water partition coefficient (Wildman–Crippen LogP) is 6.51. The van der Waals surface area contributed by atoms with Crippen LogP contribution in [-0.4, -0.2) is 70.9 Å². The van der Waals surface area contributed by atoms with Gasteiger partial charge in [0.05, 0.1) is 11.3 Å². The van der Waals surface area contributed by atoms with E-state index in [2.05, 4.69) is 33.9 Å².